The van der Waals surface area contributed by atoms with E-state index in [1.807, 2.05) is 35.0 Å². The van der Waals surface area contributed by atoms with Gasteiger partial charge in [0.15, 0.2) is 0 Å². The molecule has 0 radical (unpaired) electrons. The van der Waals surface area contributed by atoms with Crippen molar-refractivity contribution in [1.82, 2.24) is 14.7 Å². The van der Waals surface area contributed by atoms with E-state index in [4.69, 9.17) is 0 Å². The Morgan fingerprint density at radius 2 is 1.62 bits per heavy atom. The molecule has 2 heterocycles. The number of likely N-dealkylation sites (N-methyl/N-ethyl adjacent to an activating group) is 1. The van der Waals surface area contributed by atoms with Gasteiger partial charge < -0.3 is 14.9 Å². The number of carbonyl (C=O) groups is 1. The monoisotopic (exact) mass is 435 g/mol. The Balaban J connectivity index is 1.59. The third-order valence-corrected chi connectivity index (χ3v) is 7.18. The number of rotatable bonds is 6. The highest BCUT2D eigenvalue weighted by Gasteiger charge is 2.37. The van der Waals surface area contributed by atoms with Crippen LogP contribution in [0.1, 0.15) is 55.3 Å². The molecule has 2 aliphatic heterocycles. The van der Waals surface area contributed by atoms with Crippen LogP contribution in [0.3, 0.4) is 0 Å². The topological polar surface area (TPSA) is 47.0 Å². The molecule has 1 fully saturated rings. The first-order chi connectivity index (χ1) is 15.5. The fourth-order valence-electron chi connectivity index (χ4n) is 5.24. The Labute approximate surface area is 192 Å². The molecule has 1 amide bonds. The molecule has 172 valence electrons. The second-order valence-corrected chi connectivity index (χ2v) is 9.38. The van der Waals surface area contributed by atoms with Crippen molar-refractivity contribution in [3.05, 3.63) is 71.3 Å². The minimum atomic E-state index is -0.675. The van der Waals surface area contributed by atoms with Crippen molar-refractivity contribution in [3.8, 4) is 0 Å². The zero-order valence-corrected chi connectivity index (χ0v) is 19.5. The first kappa shape index (κ1) is 23.0. The molecule has 32 heavy (non-hydrogen) atoms. The van der Waals surface area contributed by atoms with Gasteiger partial charge in [0.1, 0.15) is 6.23 Å². The molecule has 1 N–H and O–H groups in total. The first-order valence-corrected chi connectivity index (χ1v) is 12.1. The molecule has 4 rings (SSSR count). The summed E-state index contributed by atoms with van der Waals surface area (Å²) in [6.45, 7) is 5.41. The van der Waals surface area contributed by atoms with Gasteiger partial charge in [0.25, 0.3) is 0 Å². The molecular formula is C27H37N3O2. The van der Waals surface area contributed by atoms with Crippen LogP contribution < -0.4 is 0 Å². The maximum absolute atomic E-state index is 13.9. The van der Waals surface area contributed by atoms with Gasteiger partial charge >= 0.3 is 0 Å². The van der Waals surface area contributed by atoms with Crippen LogP contribution in [0, 0.1) is 0 Å². The summed E-state index contributed by atoms with van der Waals surface area (Å²) in [5.41, 5.74) is 3.58. The maximum atomic E-state index is 13.9. The Hall–Kier alpha value is -2.21. The van der Waals surface area contributed by atoms with Crippen LogP contribution in [-0.2, 0) is 17.8 Å². The van der Waals surface area contributed by atoms with Crippen LogP contribution in [0.15, 0.2) is 54.6 Å². The second kappa shape index (κ2) is 10.6. The lowest BCUT2D eigenvalue weighted by molar-refractivity contribution is -0.144. The molecular weight excluding hydrogens is 398 g/mol. The predicted octanol–water partition coefficient (Wildman–Crippen LogP) is 3.83. The highest BCUT2D eigenvalue weighted by atomic mass is 16.3. The number of benzene rings is 2. The van der Waals surface area contributed by atoms with Crippen molar-refractivity contribution in [2.75, 3.05) is 26.7 Å². The molecule has 2 aromatic rings. The van der Waals surface area contributed by atoms with Crippen LogP contribution in [0.5, 0.6) is 0 Å². The lowest BCUT2D eigenvalue weighted by Gasteiger charge is -2.41. The lowest BCUT2D eigenvalue weighted by atomic mass is 9.92. The largest absolute Gasteiger partial charge is 0.379 e. The number of amides is 1. The Kier molecular flexibility index (Phi) is 7.61. The summed E-state index contributed by atoms with van der Waals surface area (Å²) in [4.78, 5) is 20.3. The van der Waals surface area contributed by atoms with E-state index in [1.165, 1.54) is 42.4 Å². The summed E-state index contributed by atoms with van der Waals surface area (Å²) in [7, 11) is 1.94. The van der Waals surface area contributed by atoms with E-state index in [9.17, 15) is 9.90 Å². The summed E-state index contributed by atoms with van der Waals surface area (Å²) in [5, 5.41) is 10.5. The van der Waals surface area contributed by atoms with Crippen molar-refractivity contribution < 1.29 is 9.90 Å². The third-order valence-electron chi connectivity index (χ3n) is 7.18. The van der Waals surface area contributed by atoms with Gasteiger partial charge in [-0.15, -0.1) is 0 Å². The molecule has 0 aromatic heterocycles. The molecule has 0 bridgehead atoms. The minimum Gasteiger partial charge on any atom is -0.379 e. The number of aliphatic hydroxyl groups excluding tert-OH is 1. The SMILES string of the molecule is CC(O)N1Cc2ccccc2CC1C(=O)N(C)C(CN1CCCCCC1)c1ccccc1. The number of carbonyl (C=O) groups excluding carboxylic acids is 1. The van der Waals surface area contributed by atoms with Crippen molar-refractivity contribution in [1.29, 1.82) is 0 Å². The zero-order valence-electron chi connectivity index (χ0n) is 19.5. The second-order valence-electron chi connectivity index (χ2n) is 9.38. The number of likely N-dealkylation sites (tertiary alicyclic amines) is 1. The number of hydrogen-bond acceptors (Lipinski definition) is 4. The van der Waals surface area contributed by atoms with Crippen LogP contribution in [0.4, 0.5) is 0 Å². The lowest BCUT2D eigenvalue weighted by Crippen LogP contribution is -2.55. The van der Waals surface area contributed by atoms with Gasteiger partial charge in [-0.2, -0.15) is 0 Å². The highest BCUT2D eigenvalue weighted by Crippen LogP contribution is 2.29. The van der Waals surface area contributed by atoms with Crippen LogP contribution in [0.2, 0.25) is 0 Å². The van der Waals surface area contributed by atoms with Gasteiger partial charge in [0.05, 0.1) is 12.1 Å². The van der Waals surface area contributed by atoms with E-state index >= 15 is 0 Å². The van der Waals surface area contributed by atoms with Gasteiger partial charge in [-0.3, -0.25) is 9.69 Å². The Bertz CT molecular complexity index is 877. The standard InChI is InChI=1S/C27H37N3O2/c1-21(31)30-19-24-15-9-8-14-23(24)18-25(30)27(32)28(2)26(22-12-6-5-7-13-22)20-29-16-10-3-4-11-17-29/h5-9,12-15,21,25-26,31H,3-4,10-11,16-20H2,1-2H3. The minimum absolute atomic E-state index is 0.00480. The fourth-order valence-corrected chi connectivity index (χ4v) is 5.24. The summed E-state index contributed by atoms with van der Waals surface area (Å²) >= 11 is 0. The average Bonchev–Trinajstić information content (AvgIpc) is 3.10. The van der Waals surface area contributed by atoms with Crippen molar-refractivity contribution in [3.63, 3.8) is 0 Å². The van der Waals surface area contributed by atoms with Gasteiger partial charge in [-0.1, -0.05) is 67.4 Å². The number of hydrogen-bond donors (Lipinski definition) is 1. The van der Waals surface area contributed by atoms with Gasteiger partial charge in [-0.25, -0.2) is 0 Å². The quantitative estimate of drug-likeness (QED) is 0.749. The molecule has 2 aromatic carbocycles. The Morgan fingerprint density at radius 1 is 1.00 bits per heavy atom. The predicted molar refractivity (Wildman–Crippen MR) is 128 cm³/mol. The molecule has 5 nitrogen and oxygen atoms in total. The average molecular weight is 436 g/mol. The number of aliphatic hydroxyl groups is 1. The molecule has 3 atom stereocenters. The molecule has 0 spiro atoms. The number of nitrogens with zero attached hydrogens (tertiary/aromatic N) is 3. The number of fused-ring (bicyclic) bond motifs is 1. The smallest absolute Gasteiger partial charge is 0.240 e. The van der Waals surface area contributed by atoms with Crippen LogP contribution in [-0.4, -0.2) is 64.7 Å². The van der Waals surface area contributed by atoms with Crippen LogP contribution >= 0.6 is 0 Å². The molecule has 1 saturated heterocycles. The molecule has 3 unspecified atom stereocenters. The van der Waals surface area contributed by atoms with Crippen molar-refractivity contribution in [2.45, 2.75) is 63.9 Å². The molecule has 0 saturated carbocycles. The summed E-state index contributed by atoms with van der Waals surface area (Å²) in [6.07, 6.45) is 5.02. The van der Waals surface area contributed by atoms with E-state index in [2.05, 4.69) is 41.3 Å². The van der Waals surface area contributed by atoms with Crippen LogP contribution in [0.25, 0.3) is 0 Å². The summed E-state index contributed by atoms with van der Waals surface area (Å²) in [5.74, 6) is 0.0871. The van der Waals surface area contributed by atoms with E-state index in [0.29, 0.717) is 13.0 Å². The van der Waals surface area contributed by atoms with Crippen molar-refractivity contribution in [2.24, 2.45) is 0 Å². The Morgan fingerprint density at radius 3 is 2.28 bits per heavy atom. The maximum Gasteiger partial charge on any atom is 0.240 e. The molecule has 2 aliphatic rings. The summed E-state index contributed by atoms with van der Waals surface area (Å²) in [6, 6.07) is 18.3. The normalized spacial score (nSPS) is 21.9. The van der Waals surface area contributed by atoms with Crippen molar-refractivity contribution >= 4 is 5.91 Å². The van der Waals surface area contributed by atoms with E-state index < -0.39 is 6.23 Å². The third kappa shape index (κ3) is 5.22. The summed E-state index contributed by atoms with van der Waals surface area (Å²) < 4.78 is 0. The molecule has 5 heteroatoms. The highest BCUT2D eigenvalue weighted by molar-refractivity contribution is 5.83. The van der Waals surface area contributed by atoms with Gasteiger partial charge in [0, 0.05) is 20.1 Å². The van der Waals surface area contributed by atoms with Gasteiger partial charge in [-0.05, 0) is 56.0 Å². The zero-order chi connectivity index (χ0) is 22.5. The fraction of sp³-hybridized carbons (Fsp3) is 0.519. The van der Waals surface area contributed by atoms with Gasteiger partial charge in [0.2, 0.25) is 5.91 Å². The van der Waals surface area contributed by atoms with E-state index in [1.54, 1.807) is 6.92 Å². The van der Waals surface area contributed by atoms with E-state index in [-0.39, 0.29) is 18.0 Å². The molecule has 0 aliphatic carbocycles. The first-order valence-electron chi connectivity index (χ1n) is 12.1. The van der Waals surface area contributed by atoms with E-state index in [0.717, 1.165) is 19.6 Å².